The number of aromatic nitrogens is 2. The minimum Gasteiger partial charge on any atom is -0.473 e. The van der Waals surface area contributed by atoms with Crippen LogP contribution < -0.4 is 14.2 Å². The highest BCUT2D eigenvalue weighted by Gasteiger charge is 2.14. The predicted octanol–water partition coefficient (Wildman–Crippen LogP) is 3.67. The van der Waals surface area contributed by atoms with E-state index in [9.17, 15) is 0 Å². The number of nitrogens with zero attached hydrogens (tertiary/aromatic N) is 2. The van der Waals surface area contributed by atoms with Gasteiger partial charge in [-0.25, -0.2) is 4.98 Å². The van der Waals surface area contributed by atoms with E-state index in [0.717, 1.165) is 27.5 Å². The number of benzene rings is 1. The van der Waals surface area contributed by atoms with Crippen LogP contribution in [-0.4, -0.2) is 16.8 Å². The predicted molar refractivity (Wildman–Crippen MR) is 80.7 cm³/mol. The van der Waals surface area contributed by atoms with E-state index in [1.165, 1.54) is 0 Å². The molecule has 0 saturated heterocycles. The van der Waals surface area contributed by atoms with Crippen LogP contribution in [0.3, 0.4) is 0 Å². The fourth-order valence-electron chi connectivity index (χ4n) is 1.93. The Kier molecular flexibility index (Phi) is 3.96. The summed E-state index contributed by atoms with van der Waals surface area (Å²) in [5.41, 5.74) is 1.00. The lowest BCUT2D eigenvalue weighted by Crippen LogP contribution is -2.03. The summed E-state index contributed by atoms with van der Waals surface area (Å²) in [7, 11) is 0. The number of hydrogen-bond acceptors (Lipinski definition) is 5. The summed E-state index contributed by atoms with van der Waals surface area (Å²) in [6, 6.07) is 7.52. The van der Waals surface area contributed by atoms with E-state index >= 15 is 0 Å². The second-order valence-electron chi connectivity index (χ2n) is 5.02. The molecule has 0 radical (unpaired) electrons. The van der Waals surface area contributed by atoms with Crippen molar-refractivity contribution in [3.05, 3.63) is 40.3 Å². The van der Waals surface area contributed by atoms with E-state index in [-0.39, 0.29) is 12.7 Å². The van der Waals surface area contributed by atoms with Crippen LogP contribution in [0, 0.1) is 0 Å². The number of ether oxygens (including phenoxy) is 3. The highest BCUT2D eigenvalue weighted by molar-refractivity contribution is 9.10. The Balaban J connectivity index is 1.73. The molecule has 0 bridgehead atoms. The number of fused-ring (bicyclic) bond motifs is 1. The second kappa shape index (κ2) is 5.89. The molecule has 0 N–H and O–H groups in total. The fourth-order valence-corrected chi connectivity index (χ4v) is 2.31. The summed E-state index contributed by atoms with van der Waals surface area (Å²) in [4.78, 5) is 8.73. The quantitative estimate of drug-likeness (QED) is 0.787. The maximum Gasteiger partial charge on any atom is 0.231 e. The Morgan fingerprint density at radius 3 is 2.81 bits per heavy atom. The van der Waals surface area contributed by atoms with Crippen molar-refractivity contribution in [1.82, 2.24) is 9.97 Å². The van der Waals surface area contributed by atoms with E-state index in [1.54, 1.807) is 6.07 Å². The Morgan fingerprint density at radius 1 is 1.19 bits per heavy atom. The Morgan fingerprint density at radius 2 is 2.00 bits per heavy atom. The minimum absolute atomic E-state index is 0.246. The van der Waals surface area contributed by atoms with Gasteiger partial charge in [0.1, 0.15) is 17.0 Å². The molecule has 0 saturated carbocycles. The summed E-state index contributed by atoms with van der Waals surface area (Å²) in [5.74, 6) is 3.08. The standard InChI is InChI=1S/C15H15BrN2O3/c1-9(2)15-17-13(16)6-14(18-15)19-7-10-3-4-11-12(5-10)21-8-20-11/h3-6,9H,7-8H2,1-2H3. The van der Waals surface area contributed by atoms with Gasteiger partial charge in [-0.2, -0.15) is 4.98 Å². The first-order valence-electron chi connectivity index (χ1n) is 6.67. The van der Waals surface area contributed by atoms with Crippen molar-refractivity contribution in [1.29, 1.82) is 0 Å². The van der Waals surface area contributed by atoms with Gasteiger partial charge in [-0.15, -0.1) is 0 Å². The van der Waals surface area contributed by atoms with E-state index in [2.05, 4.69) is 25.9 Å². The summed E-state index contributed by atoms with van der Waals surface area (Å²) in [6.45, 7) is 4.78. The van der Waals surface area contributed by atoms with Crippen LogP contribution in [0.2, 0.25) is 0 Å². The van der Waals surface area contributed by atoms with Crippen molar-refractivity contribution in [2.75, 3.05) is 6.79 Å². The largest absolute Gasteiger partial charge is 0.473 e. The molecule has 0 amide bonds. The van der Waals surface area contributed by atoms with Gasteiger partial charge in [0.05, 0.1) is 0 Å². The molecule has 0 atom stereocenters. The van der Waals surface area contributed by atoms with Gasteiger partial charge in [-0.1, -0.05) is 19.9 Å². The van der Waals surface area contributed by atoms with Crippen LogP contribution in [0.15, 0.2) is 28.9 Å². The molecule has 1 aromatic carbocycles. The summed E-state index contributed by atoms with van der Waals surface area (Å²) >= 11 is 3.38. The van der Waals surface area contributed by atoms with Crippen molar-refractivity contribution < 1.29 is 14.2 Å². The smallest absolute Gasteiger partial charge is 0.231 e. The third-order valence-corrected chi connectivity index (χ3v) is 3.44. The Bertz CT molecular complexity index is 661. The van der Waals surface area contributed by atoms with Crippen LogP contribution in [0.5, 0.6) is 17.4 Å². The van der Waals surface area contributed by atoms with Crippen LogP contribution in [0.1, 0.15) is 31.2 Å². The lowest BCUT2D eigenvalue weighted by molar-refractivity contribution is 0.174. The van der Waals surface area contributed by atoms with Crippen molar-refractivity contribution >= 4 is 15.9 Å². The van der Waals surface area contributed by atoms with Crippen LogP contribution in [0.25, 0.3) is 0 Å². The molecule has 5 nitrogen and oxygen atoms in total. The number of rotatable bonds is 4. The SMILES string of the molecule is CC(C)c1nc(Br)cc(OCc2ccc3c(c2)OCO3)n1. The Hall–Kier alpha value is -1.82. The highest BCUT2D eigenvalue weighted by Crippen LogP contribution is 2.32. The first-order chi connectivity index (χ1) is 10.1. The normalized spacial score (nSPS) is 12.8. The molecule has 6 heteroatoms. The van der Waals surface area contributed by atoms with Gasteiger partial charge in [0.2, 0.25) is 12.7 Å². The van der Waals surface area contributed by atoms with Gasteiger partial charge < -0.3 is 14.2 Å². The zero-order chi connectivity index (χ0) is 14.8. The van der Waals surface area contributed by atoms with E-state index in [1.807, 2.05) is 32.0 Å². The summed E-state index contributed by atoms with van der Waals surface area (Å²) in [6.07, 6.45) is 0. The van der Waals surface area contributed by atoms with Gasteiger partial charge in [0.15, 0.2) is 11.5 Å². The molecule has 2 aromatic rings. The summed E-state index contributed by atoms with van der Waals surface area (Å²) in [5, 5.41) is 0. The highest BCUT2D eigenvalue weighted by atomic mass is 79.9. The number of hydrogen-bond donors (Lipinski definition) is 0. The van der Waals surface area contributed by atoms with Gasteiger partial charge in [-0.3, -0.25) is 0 Å². The molecule has 2 heterocycles. The van der Waals surface area contributed by atoms with Gasteiger partial charge in [-0.05, 0) is 33.6 Å². The van der Waals surface area contributed by atoms with Crippen molar-refractivity contribution in [3.63, 3.8) is 0 Å². The maximum absolute atomic E-state index is 5.75. The molecule has 0 unspecified atom stereocenters. The minimum atomic E-state index is 0.246. The lowest BCUT2D eigenvalue weighted by Gasteiger charge is -2.09. The van der Waals surface area contributed by atoms with E-state index in [4.69, 9.17) is 14.2 Å². The molecular formula is C15H15BrN2O3. The lowest BCUT2D eigenvalue weighted by atomic mass is 10.2. The van der Waals surface area contributed by atoms with E-state index < -0.39 is 0 Å². The molecule has 1 aliphatic rings. The first-order valence-corrected chi connectivity index (χ1v) is 7.47. The molecule has 21 heavy (non-hydrogen) atoms. The second-order valence-corrected chi connectivity index (χ2v) is 5.83. The molecule has 1 aliphatic heterocycles. The average molecular weight is 351 g/mol. The average Bonchev–Trinajstić information content (AvgIpc) is 2.92. The first kappa shape index (κ1) is 14.1. The monoisotopic (exact) mass is 350 g/mol. The molecule has 3 rings (SSSR count). The molecular weight excluding hydrogens is 336 g/mol. The maximum atomic E-state index is 5.75. The van der Waals surface area contributed by atoms with Crippen molar-refractivity contribution in [3.8, 4) is 17.4 Å². The zero-order valence-corrected chi connectivity index (χ0v) is 13.4. The van der Waals surface area contributed by atoms with Gasteiger partial charge in [0, 0.05) is 12.0 Å². The topological polar surface area (TPSA) is 53.5 Å². The van der Waals surface area contributed by atoms with Crippen LogP contribution >= 0.6 is 15.9 Å². The fraction of sp³-hybridized carbons (Fsp3) is 0.333. The molecule has 0 aliphatic carbocycles. The summed E-state index contributed by atoms with van der Waals surface area (Å²) < 4.78 is 17.1. The zero-order valence-electron chi connectivity index (χ0n) is 11.8. The third kappa shape index (κ3) is 3.26. The van der Waals surface area contributed by atoms with Crippen molar-refractivity contribution in [2.24, 2.45) is 0 Å². The molecule has 0 spiro atoms. The van der Waals surface area contributed by atoms with E-state index in [0.29, 0.717) is 12.5 Å². The third-order valence-electron chi connectivity index (χ3n) is 3.03. The molecule has 0 fully saturated rings. The number of halogens is 1. The van der Waals surface area contributed by atoms with Crippen molar-refractivity contribution in [2.45, 2.75) is 26.4 Å². The van der Waals surface area contributed by atoms with Gasteiger partial charge >= 0.3 is 0 Å². The molecule has 1 aromatic heterocycles. The molecule has 110 valence electrons. The van der Waals surface area contributed by atoms with Crippen LogP contribution in [-0.2, 0) is 6.61 Å². The Labute approximate surface area is 131 Å². The van der Waals surface area contributed by atoms with Crippen LogP contribution in [0.4, 0.5) is 0 Å². The van der Waals surface area contributed by atoms with Gasteiger partial charge in [0.25, 0.3) is 0 Å².